The van der Waals surface area contributed by atoms with E-state index in [1.165, 1.54) is 0 Å². The zero-order chi connectivity index (χ0) is 13.9. The summed E-state index contributed by atoms with van der Waals surface area (Å²) in [6.45, 7) is 2.27. The molecule has 0 aliphatic rings. The lowest BCUT2D eigenvalue weighted by molar-refractivity contribution is 0.299. The van der Waals surface area contributed by atoms with Crippen LogP contribution in [0.5, 0.6) is 5.75 Å². The lowest BCUT2D eigenvalue weighted by Gasteiger charge is -2.04. The highest BCUT2D eigenvalue weighted by molar-refractivity contribution is 7.13. The van der Waals surface area contributed by atoms with E-state index < -0.39 is 0 Å². The molecule has 2 N–H and O–H groups in total. The first kappa shape index (κ1) is 12.7. The van der Waals surface area contributed by atoms with Crippen molar-refractivity contribution in [3.8, 4) is 16.5 Å². The number of hydrogen-bond donors (Lipinski definition) is 1. The number of nitrogens with two attached hydrogens (primary N) is 1. The van der Waals surface area contributed by atoms with Crippen LogP contribution in [-0.4, -0.2) is 4.98 Å². The van der Waals surface area contributed by atoms with E-state index in [2.05, 4.69) is 4.98 Å². The molecule has 5 heteroatoms. The molecule has 3 rings (SSSR count). The van der Waals surface area contributed by atoms with E-state index in [-0.39, 0.29) is 0 Å². The minimum Gasteiger partial charge on any atom is -0.487 e. The standard InChI is InChI=1S/C15H14N2O2S/c1-10-13(9-18-12-6-4-11(16)5-7-12)17-15(19-10)14-3-2-8-20-14/h2-8H,9,16H2,1H3. The van der Waals surface area contributed by atoms with Gasteiger partial charge in [-0.2, -0.15) is 0 Å². The summed E-state index contributed by atoms with van der Waals surface area (Å²) < 4.78 is 11.3. The summed E-state index contributed by atoms with van der Waals surface area (Å²) in [5.74, 6) is 2.19. The summed E-state index contributed by atoms with van der Waals surface area (Å²) in [4.78, 5) is 5.50. The molecule has 0 amide bonds. The minimum atomic E-state index is 0.380. The average molecular weight is 286 g/mol. The largest absolute Gasteiger partial charge is 0.487 e. The molecule has 102 valence electrons. The van der Waals surface area contributed by atoms with Crippen LogP contribution in [0.2, 0.25) is 0 Å². The minimum absolute atomic E-state index is 0.380. The number of nitrogen functional groups attached to an aromatic ring is 1. The van der Waals surface area contributed by atoms with E-state index in [1.807, 2.05) is 48.7 Å². The molecule has 0 atom stereocenters. The van der Waals surface area contributed by atoms with Crippen LogP contribution in [-0.2, 0) is 6.61 Å². The van der Waals surface area contributed by atoms with Crippen molar-refractivity contribution in [3.63, 3.8) is 0 Å². The van der Waals surface area contributed by atoms with Gasteiger partial charge in [0.05, 0.1) is 4.88 Å². The molecular weight excluding hydrogens is 272 g/mol. The maximum atomic E-state index is 5.68. The Morgan fingerprint density at radius 2 is 2.05 bits per heavy atom. The molecule has 0 radical (unpaired) electrons. The SMILES string of the molecule is Cc1oc(-c2cccs2)nc1COc1ccc(N)cc1. The summed E-state index contributed by atoms with van der Waals surface area (Å²) >= 11 is 1.60. The number of oxazole rings is 1. The van der Waals surface area contributed by atoms with Gasteiger partial charge in [0.1, 0.15) is 23.8 Å². The molecule has 0 spiro atoms. The fourth-order valence-electron chi connectivity index (χ4n) is 1.78. The Morgan fingerprint density at radius 3 is 2.75 bits per heavy atom. The summed E-state index contributed by atoms with van der Waals surface area (Å²) in [6.07, 6.45) is 0. The van der Waals surface area contributed by atoms with Gasteiger partial charge >= 0.3 is 0 Å². The number of aromatic nitrogens is 1. The summed E-state index contributed by atoms with van der Waals surface area (Å²) in [5.41, 5.74) is 7.16. The van der Waals surface area contributed by atoms with Crippen LogP contribution in [0, 0.1) is 6.92 Å². The normalized spacial score (nSPS) is 10.7. The van der Waals surface area contributed by atoms with Gasteiger partial charge in [-0.25, -0.2) is 4.98 Å². The predicted molar refractivity (Wildman–Crippen MR) is 79.7 cm³/mol. The molecule has 0 fully saturated rings. The monoisotopic (exact) mass is 286 g/mol. The van der Waals surface area contributed by atoms with Gasteiger partial charge < -0.3 is 14.9 Å². The second-order valence-corrected chi connectivity index (χ2v) is 5.30. The van der Waals surface area contributed by atoms with Gasteiger partial charge in [0.2, 0.25) is 5.89 Å². The highest BCUT2D eigenvalue weighted by Gasteiger charge is 2.12. The number of anilines is 1. The molecule has 1 aromatic carbocycles. The summed E-state index contributed by atoms with van der Waals surface area (Å²) in [5, 5.41) is 2.00. The zero-order valence-corrected chi connectivity index (χ0v) is 11.8. The number of hydrogen-bond acceptors (Lipinski definition) is 5. The van der Waals surface area contributed by atoms with Crippen molar-refractivity contribution in [2.75, 3.05) is 5.73 Å². The Balaban J connectivity index is 1.73. The summed E-state index contributed by atoms with van der Waals surface area (Å²) in [7, 11) is 0. The highest BCUT2D eigenvalue weighted by atomic mass is 32.1. The van der Waals surface area contributed by atoms with Crippen LogP contribution in [0.3, 0.4) is 0 Å². The van der Waals surface area contributed by atoms with Crippen molar-refractivity contribution in [2.24, 2.45) is 0 Å². The van der Waals surface area contributed by atoms with Gasteiger partial charge in [-0.3, -0.25) is 0 Å². The molecule has 4 nitrogen and oxygen atoms in total. The van der Waals surface area contributed by atoms with Gasteiger partial charge in [-0.1, -0.05) is 6.07 Å². The molecular formula is C15H14N2O2S. The van der Waals surface area contributed by atoms with Crippen LogP contribution >= 0.6 is 11.3 Å². The van der Waals surface area contributed by atoms with E-state index in [4.69, 9.17) is 14.9 Å². The van der Waals surface area contributed by atoms with Gasteiger partial charge in [0.25, 0.3) is 0 Å². The molecule has 3 aromatic rings. The molecule has 0 aliphatic carbocycles. The molecule has 2 heterocycles. The quantitative estimate of drug-likeness (QED) is 0.739. The predicted octanol–water partition coefficient (Wildman–Crippen LogP) is 3.87. The van der Waals surface area contributed by atoms with E-state index >= 15 is 0 Å². The van der Waals surface area contributed by atoms with Crippen LogP contribution in [0.4, 0.5) is 5.69 Å². The van der Waals surface area contributed by atoms with E-state index in [0.717, 1.165) is 27.8 Å². The highest BCUT2D eigenvalue weighted by Crippen LogP contribution is 2.26. The van der Waals surface area contributed by atoms with Crippen LogP contribution in [0.25, 0.3) is 10.8 Å². The maximum Gasteiger partial charge on any atom is 0.236 e. The van der Waals surface area contributed by atoms with Crippen molar-refractivity contribution in [1.29, 1.82) is 0 Å². The lowest BCUT2D eigenvalue weighted by atomic mass is 10.3. The molecule has 20 heavy (non-hydrogen) atoms. The molecule has 2 aromatic heterocycles. The van der Waals surface area contributed by atoms with E-state index in [0.29, 0.717) is 12.5 Å². The first-order chi connectivity index (χ1) is 9.72. The molecule has 0 saturated carbocycles. The third-order valence-electron chi connectivity index (χ3n) is 2.88. The Bertz CT molecular complexity index is 687. The van der Waals surface area contributed by atoms with Gasteiger partial charge in [-0.05, 0) is 42.6 Å². The molecule has 0 aliphatic heterocycles. The van der Waals surface area contributed by atoms with E-state index in [9.17, 15) is 0 Å². The fourth-order valence-corrected chi connectivity index (χ4v) is 2.43. The summed E-state index contributed by atoms with van der Waals surface area (Å²) in [6, 6.07) is 11.3. The average Bonchev–Trinajstić information content (AvgIpc) is 3.08. The number of benzene rings is 1. The van der Waals surface area contributed by atoms with Crippen molar-refractivity contribution >= 4 is 17.0 Å². The number of aryl methyl sites for hydroxylation is 1. The van der Waals surface area contributed by atoms with Crippen molar-refractivity contribution in [1.82, 2.24) is 4.98 Å². The Kier molecular flexibility index (Phi) is 3.43. The van der Waals surface area contributed by atoms with Gasteiger partial charge in [0.15, 0.2) is 0 Å². The van der Waals surface area contributed by atoms with Crippen molar-refractivity contribution in [2.45, 2.75) is 13.5 Å². The Labute approximate surface area is 120 Å². The molecule has 0 saturated heterocycles. The zero-order valence-electron chi connectivity index (χ0n) is 11.0. The number of nitrogens with zero attached hydrogens (tertiary/aromatic N) is 1. The van der Waals surface area contributed by atoms with Gasteiger partial charge in [-0.15, -0.1) is 11.3 Å². The van der Waals surface area contributed by atoms with Gasteiger partial charge in [0, 0.05) is 5.69 Å². The van der Waals surface area contributed by atoms with Crippen LogP contribution in [0.1, 0.15) is 11.5 Å². The fraction of sp³-hybridized carbons (Fsp3) is 0.133. The smallest absolute Gasteiger partial charge is 0.236 e. The van der Waals surface area contributed by atoms with E-state index in [1.54, 1.807) is 11.3 Å². The number of ether oxygens (including phenoxy) is 1. The first-order valence-electron chi connectivity index (χ1n) is 6.21. The van der Waals surface area contributed by atoms with Crippen molar-refractivity contribution < 1.29 is 9.15 Å². The molecule has 0 bridgehead atoms. The topological polar surface area (TPSA) is 61.3 Å². The first-order valence-corrected chi connectivity index (χ1v) is 7.09. The lowest BCUT2D eigenvalue weighted by Crippen LogP contribution is -1.97. The number of thiophene rings is 1. The number of rotatable bonds is 4. The molecule has 0 unspecified atom stereocenters. The van der Waals surface area contributed by atoms with Crippen LogP contribution in [0.15, 0.2) is 46.2 Å². The van der Waals surface area contributed by atoms with Crippen LogP contribution < -0.4 is 10.5 Å². The second kappa shape index (κ2) is 5.38. The second-order valence-electron chi connectivity index (χ2n) is 4.36. The third-order valence-corrected chi connectivity index (χ3v) is 3.74. The maximum absolute atomic E-state index is 5.68. The van der Waals surface area contributed by atoms with Crippen molar-refractivity contribution in [3.05, 3.63) is 53.2 Å². The Morgan fingerprint density at radius 1 is 1.25 bits per heavy atom. The third kappa shape index (κ3) is 2.67. The Hall–Kier alpha value is -2.27.